The monoisotopic (exact) mass is 304 g/mol. The van der Waals surface area contributed by atoms with Gasteiger partial charge in [-0.1, -0.05) is 43.8 Å². The van der Waals surface area contributed by atoms with Gasteiger partial charge in [0.2, 0.25) is 11.1 Å². The molecule has 0 radical (unpaired) electrons. The predicted molar refractivity (Wildman–Crippen MR) is 84.9 cm³/mol. The summed E-state index contributed by atoms with van der Waals surface area (Å²) >= 11 is 1.55. The minimum Gasteiger partial charge on any atom is -0.356 e. The topological polar surface area (TPSA) is 59.8 Å². The lowest BCUT2D eigenvalue weighted by Crippen LogP contribution is -2.22. The van der Waals surface area contributed by atoms with Gasteiger partial charge in [0.25, 0.3) is 0 Å². The number of amides is 1. The van der Waals surface area contributed by atoms with Crippen LogP contribution in [0.3, 0.4) is 0 Å². The van der Waals surface area contributed by atoms with E-state index >= 15 is 0 Å². The smallest absolute Gasteiger partial charge is 0.216 e. The number of hydrogen-bond donors (Lipinski definition) is 1. The number of rotatable bonds is 6. The molecule has 1 amide bonds. The quantitative estimate of drug-likeness (QED) is 0.658. The molecule has 0 aliphatic carbocycles. The summed E-state index contributed by atoms with van der Waals surface area (Å²) in [4.78, 5) is 15.4. The molecule has 0 bridgehead atoms. The minimum absolute atomic E-state index is 0.0127. The van der Waals surface area contributed by atoms with E-state index in [2.05, 4.69) is 29.2 Å². The molecule has 0 aliphatic rings. The van der Waals surface area contributed by atoms with Crippen LogP contribution in [0, 0.1) is 0 Å². The Morgan fingerprint density at radius 2 is 2.05 bits per heavy atom. The van der Waals surface area contributed by atoms with E-state index in [1.165, 1.54) is 6.92 Å². The first-order chi connectivity index (χ1) is 10.1. The highest BCUT2D eigenvalue weighted by molar-refractivity contribution is 7.99. The fourth-order valence-corrected chi connectivity index (χ4v) is 2.55. The molecule has 0 unspecified atom stereocenters. The van der Waals surface area contributed by atoms with Gasteiger partial charge in [-0.3, -0.25) is 4.79 Å². The second kappa shape index (κ2) is 7.26. The molecule has 0 fully saturated rings. The van der Waals surface area contributed by atoms with Gasteiger partial charge in [-0.2, -0.15) is 0 Å². The molecule has 0 spiro atoms. The van der Waals surface area contributed by atoms with Gasteiger partial charge >= 0.3 is 0 Å². The maximum absolute atomic E-state index is 10.8. The summed E-state index contributed by atoms with van der Waals surface area (Å²) in [7, 11) is 0. The Hall–Kier alpha value is -1.82. The highest BCUT2D eigenvalue weighted by Gasteiger charge is 2.14. The van der Waals surface area contributed by atoms with E-state index in [4.69, 9.17) is 0 Å². The largest absolute Gasteiger partial charge is 0.356 e. The van der Waals surface area contributed by atoms with Gasteiger partial charge in [0.15, 0.2) is 0 Å². The zero-order valence-corrected chi connectivity index (χ0v) is 13.4. The van der Waals surface area contributed by atoms with Crippen molar-refractivity contribution in [3.05, 3.63) is 36.2 Å². The maximum atomic E-state index is 10.8. The van der Waals surface area contributed by atoms with Gasteiger partial charge < -0.3 is 5.32 Å². The van der Waals surface area contributed by atoms with Crippen molar-refractivity contribution >= 4 is 17.7 Å². The summed E-state index contributed by atoms with van der Waals surface area (Å²) in [5.74, 6) is 1.99. The van der Waals surface area contributed by atoms with E-state index in [0.717, 1.165) is 22.4 Å². The van der Waals surface area contributed by atoms with E-state index in [9.17, 15) is 4.79 Å². The molecule has 0 saturated carbocycles. The van der Waals surface area contributed by atoms with Gasteiger partial charge in [0.05, 0.1) is 5.69 Å². The lowest BCUT2D eigenvalue weighted by Gasteiger charge is -2.07. The standard InChI is InChI=1S/C15H20N4OS/c1-11(2)14-17-15(21-10-9-16-12(3)20)18-19(14)13-7-5-4-6-8-13/h4-8,11H,9-10H2,1-3H3,(H,16,20). The molecule has 0 atom stereocenters. The van der Waals surface area contributed by atoms with E-state index in [1.807, 2.05) is 35.0 Å². The van der Waals surface area contributed by atoms with Crippen molar-refractivity contribution in [3.63, 3.8) is 0 Å². The Morgan fingerprint density at radius 1 is 1.33 bits per heavy atom. The third kappa shape index (κ3) is 4.32. The van der Waals surface area contributed by atoms with Crippen LogP contribution < -0.4 is 5.32 Å². The Bertz CT molecular complexity index is 595. The van der Waals surface area contributed by atoms with Crippen LogP contribution in [0.5, 0.6) is 0 Å². The van der Waals surface area contributed by atoms with Crippen LogP contribution in [0.25, 0.3) is 5.69 Å². The third-order valence-electron chi connectivity index (χ3n) is 2.84. The molecular formula is C15H20N4OS. The molecule has 6 heteroatoms. The lowest BCUT2D eigenvalue weighted by molar-refractivity contribution is -0.118. The Labute approximate surface area is 129 Å². The number of carbonyl (C=O) groups is 1. The van der Waals surface area contributed by atoms with Crippen LogP contribution in [0.15, 0.2) is 35.5 Å². The molecule has 0 aliphatic heterocycles. The first-order valence-electron chi connectivity index (χ1n) is 6.97. The van der Waals surface area contributed by atoms with Crippen LogP contribution in [-0.2, 0) is 4.79 Å². The number of benzene rings is 1. The molecule has 5 nitrogen and oxygen atoms in total. The van der Waals surface area contributed by atoms with E-state index in [1.54, 1.807) is 11.8 Å². The van der Waals surface area contributed by atoms with Crippen LogP contribution in [0.2, 0.25) is 0 Å². The van der Waals surface area contributed by atoms with Crippen molar-refractivity contribution in [1.82, 2.24) is 20.1 Å². The van der Waals surface area contributed by atoms with Gasteiger partial charge in [0.1, 0.15) is 5.82 Å². The Balaban J connectivity index is 2.12. The van der Waals surface area contributed by atoms with Crippen molar-refractivity contribution in [2.24, 2.45) is 0 Å². The molecule has 1 aromatic carbocycles. The van der Waals surface area contributed by atoms with Gasteiger partial charge in [-0.25, -0.2) is 9.67 Å². The molecule has 1 aromatic heterocycles. The molecule has 1 N–H and O–H groups in total. The third-order valence-corrected chi connectivity index (χ3v) is 3.68. The number of nitrogens with one attached hydrogen (secondary N) is 1. The number of para-hydroxylation sites is 1. The highest BCUT2D eigenvalue weighted by atomic mass is 32.2. The SMILES string of the molecule is CC(=O)NCCSc1nc(C(C)C)n(-c2ccccc2)n1. The zero-order valence-electron chi connectivity index (χ0n) is 12.5. The van der Waals surface area contributed by atoms with Crippen LogP contribution in [0.4, 0.5) is 0 Å². The average molecular weight is 304 g/mol. The molecule has 1 heterocycles. The van der Waals surface area contributed by atoms with Crippen molar-refractivity contribution in [2.45, 2.75) is 31.8 Å². The zero-order chi connectivity index (χ0) is 15.2. The van der Waals surface area contributed by atoms with Crippen molar-refractivity contribution in [2.75, 3.05) is 12.3 Å². The second-order valence-electron chi connectivity index (χ2n) is 4.99. The van der Waals surface area contributed by atoms with Crippen molar-refractivity contribution in [3.8, 4) is 5.69 Å². The molecule has 21 heavy (non-hydrogen) atoms. The number of aromatic nitrogens is 3. The summed E-state index contributed by atoms with van der Waals surface area (Å²) in [5.41, 5.74) is 1.02. The van der Waals surface area contributed by atoms with E-state index in [-0.39, 0.29) is 5.91 Å². The molecule has 112 valence electrons. The summed E-state index contributed by atoms with van der Waals surface area (Å²) < 4.78 is 1.89. The van der Waals surface area contributed by atoms with Crippen LogP contribution >= 0.6 is 11.8 Å². The van der Waals surface area contributed by atoms with Gasteiger partial charge in [0, 0.05) is 25.1 Å². The molecular weight excluding hydrogens is 284 g/mol. The fraction of sp³-hybridized carbons (Fsp3) is 0.400. The van der Waals surface area contributed by atoms with Crippen LogP contribution in [0.1, 0.15) is 32.5 Å². The predicted octanol–water partition coefficient (Wildman–Crippen LogP) is 2.62. The summed E-state index contributed by atoms with van der Waals surface area (Å²) in [6.07, 6.45) is 0. The first kappa shape index (κ1) is 15.6. The normalized spacial score (nSPS) is 10.9. The Morgan fingerprint density at radius 3 is 2.67 bits per heavy atom. The van der Waals surface area contributed by atoms with Crippen molar-refractivity contribution in [1.29, 1.82) is 0 Å². The van der Waals surface area contributed by atoms with E-state index in [0.29, 0.717) is 12.5 Å². The van der Waals surface area contributed by atoms with Crippen molar-refractivity contribution < 1.29 is 4.79 Å². The summed E-state index contributed by atoms with van der Waals surface area (Å²) in [6.45, 7) is 6.35. The summed E-state index contributed by atoms with van der Waals surface area (Å²) in [5, 5.41) is 8.09. The Kier molecular flexibility index (Phi) is 5.38. The lowest BCUT2D eigenvalue weighted by atomic mass is 10.2. The van der Waals surface area contributed by atoms with Crippen LogP contribution in [-0.4, -0.2) is 33.0 Å². The number of nitrogens with zero attached hydrogens (tertiary/aromatic N) is 3. The van der Waals surface area contributed by atoms with Gasteiger partial charge in [-0.15, -0.1) is 5.10 Å². The maximum Gasteiger partial charge on any atom is 0.216 e. The number of thioether (sulfide) groups is 1. The van der Waals surface area contributed by atoms with E-state index < -0.39 is 0 Å². The van der Waals surface area contributed by atoms with Gasteiger partial charge in [-0.05, 0) is 12.1 Å². The average Bonchev–Trinajstić information content (AvgIpc) is 2.89. The second-order valence-corrected chi connectivity index (χ2v) is 6.05. The number of hydrogen-bond acceptors (Lipinski definition) is 4. The molecule has 2 rings (SSSR count). The first-order valence-corrected chi connectivity index (χ1v) is 7.96. The summed E-state index contributed by atoms with van der Waals surface area (Å²) in [6, 6.07) is 10.0. The molecule has 0 saturated heterocycles. The number of carbonyl (C=O) groups excluding carboxylic acids is 1. The minimum atomic E-state index is -0.0127. The molecule has 2 aromatic rings. The highest BCUT2D eigenvalue weighted by Crippen LogP contribution is 2.21. The fourth-order valence-electron chi connectivity index (χ4n) is 1.87.